The summed E-state index contributed by atoms with van der Waals surface area (Å²) in [5.74, 6) is 0.440. The van der Waals surface area contributed by atoms with Crippen molar-refractivity contribution in [2.24, 2.45) is 12.8 Å². The minimum Gasteiger partial charge on any atom is -0.336 e. The molecule has 1 aliphatic carbocycles. The molecule has 2 rings (SSSR count). The fourth-order valence-electron chi connectivity index (χ4n) is 1.35. The van der Waals surface area contributed by atoms with Crippen LogP contribution in [-0.4, -0.2) is 15.6 Å². The molecule has 2 N–H and O–H groups in total. The van der Waals surface area contributed by atoms with E-state index in [4.69, 9.17) is 17.3 Å². The molecule has 1 aromatic heterocycles. The summed E-state index contributed by atoms with van der Waals surface area (Å²) in [6.45, 7) is 0. The van der Waals surface area contributed by atoms with Crippen LogP contribution in [0.25, 0.3) is 0 Å². The van der Waals surface area contributed by atoms with Crippen LogP contribution in [0.2, 0.25) is 5.15 Å². The summed E-state index contributed by atoms with van der Waals surface area (Å²) in [6.07, 6.45) is 2.77. The lowest BCUT2D eigenvalue weighted by atomic mass is 10.3. The fraction of sp³-hybridized carbons (Fsp3) is 0.571. The average Bonchev–Trinajstić information content (AvgIpc) is 2.54. The molecule has 0 bridgehead atoms. The second-order valence-corrected chi connectivity index (χ2v) is 3.40. The SMILES string of the molecule is Cn1cnc(Cl)c1C1CC1N. The van der Waals surface area contributed by atoms with Crippen molar-refractivity contribution in [3.8, 4) is 0 Å². The molecule has 1 heterocycles. The molecule has 3 nitrogen and oxygen atoms in total. The van der Waals surface area contributed by atoms with Gasteiger partial charge in [-0.15, -0.1) is 0 Å². The van der Waals surface area contributed by atoms with E-state index in [1.165, 1.54) is 0 Å². The van der Waals surface area contributed by atoms with Gasteiger partial charge in [0.15, 0.2) is 5.15 Å². The summed E-state index contributed by atoms with van der Waals surface area (Å²) in [5.41, 5.74) is 6.78. The van der Waals surface area contributed by atoms with Crippen LogP contribution in [0.3, 0.4) is 0 Å². The Labute approximate surface area is 70.2 Å². The lowest BCUT2D eigenvalue weighted by Crippen LogP contribution is -2.04. The molecule has 2 unspecified atom stereocenters. The number of hydrogen-bond donors (Lipinski definition) is 1. The zero-order chi connectivity index (χ0) is 8.01. The fourth-order valence-corrected chi connectivity index (χ4v) is 1.67. The van der Waals surface area contributed by atoms with E-state index in [2.05, 4.69) is 4.98 Å². The zero-order valence-electron chi connectivity index (χ0n) is 6.29. The summed E-state index contributed by atoms with van der Waals surface area (Å²) in [6, 6.07) is 0.294. The Kier molecular flexibility index (Phi) is 1.44. The molecule has 0 aromatic carbocycles. The molecule has 0 radical (unpaired) electrons. The highest BCUT2D eigenvalue weighted by Gasteiger charge is 2.38. The first-order chi connectivity index (χ1) is 5.20. The van der Waals surface area contributed by atoms with E-state index in [1.807, 2.05) is 11.6 Å². The molecule has 0 amide bonds. The second-order valence-electron chi connectivity index (χ2n) is 3.04. The van der Waals surface area contributed by atoms with Crippen molar-refractivity contribution in [2.75, 3.05) is 0 Å². The lowest BCUT2D eigenvalue weighted by molar-refractivity contribution is 0.810. The van der Waals surface area contributed by atoms with E-state index in [1.54, 1.807) is 6.33 Å². The van der Waals surface area contributed by atoms with E-state index in [0.29, 0.717) is 17.1 Å². The van der Waals surface area contributed by atoms with Gasteiger partial charge in [-0.1, -0.05) is 11.6 Å². The van der Waals surface area contributed by atoms with Gasteiger partial charge >= 0.3 is 0 Å². The number of nitrogens with zero attached hydrogens (tertiary/aromatic N) is 2. The van der Waals surface area contributed by atoms with Crippen LogP contribution in [0.4, 0.5) is 0 Å². The summed E-state index contributed by atoms with van der Waals surface area (Å²) in [5, 5.41) is 0.602. The van der Waals surface area contributed by atoms with Gasteiger partial charge in [0.05, 0.1) is 12.0 Å². The summed E-state index contributed by atoms with van der Waals surface area (Å²) >= 11 is 5.86. The van der Waals surface area contributed by atoms with E-state index in [9.17, 15) is 0 Å². The maximum absolute atomic E-state index is 5.86. The van der Waals surface area contributed by atoms with Gasteiger partial charge in [0.25, 0.3) is 0 Å². The maximum atomic E-state index is 5.86. The number of hydrogen-bond acceptors (Lipinski definition) is 2. The van der Waals surface area contributed by atoms with E-state index in [0.717, 1.165) is 12.1 Å². The number of imidazole rings is 1. The molecule has 1 saturated carbocycles. The second kappa shape index (κ2) is 2.22. The van der Waals surface area contributed by atoms with Gasteiger partial charge in [0.1, 0.15) is 0 Å². The molecule has 4 heteroatoms. The maximum Gasteiger partial charge on any atom is 0.150 e. The highest BCUT2D eigenvalue weighted by atomic mass is 35.5. The third-order valence-electron chi connectivity index (χ3n) is 2.13. The first-order valence-electron chi connectivity index (χ1n) is 3.62. The predicted molar refractivity (Wildman–Crippen MR) is 43.6 cm³/mol. The van der Waals surface area contributed by atoms with Crippen molar-refractivity contribution < 1.29 is 0 Å². The van der Waals surface area contributed by atoms with Crippen molar-refractivity contribution in [1.29, 1.82) is 0 Å². The molecule has 2 atom stereocenters. The Bertz CT molecular complexity index is 262. The molecule has 11 heavy (non-hydrogen) atoms. The quantitative estimate of drug-likeness (QED) is 0.682. The molecule has 0 saturated heterocycles. The third-order valence-corrected chi connectivity index (χ3v) is 2.42. The van der Waals surface area contributed by atoms with E-state index in [-0.39, 0.29) is 0 Å². The minimum atomic E-state index is 0.294. The predicted octanol–water partition coefficient (Wildman–Crippen LogP) is 0.888. The Morgan fingerprint density at radius 2 is 2.45 bits per heavy atom. The molecule has 1 aliphatic rings. The number of aromatic nitrogens is 2. The van der Waals surface area contributed by atoms with Crippen molar-refractivity contribution in [1.82, 2.24) is 9.55 Å². The smallest absolute Gasteiger partial charge is 0.150 e. The molecular weight excluding hydrogens is 162 g/mol. The molecule has 60 valence electrons. The molecule has 0 spiro atoms. The van der Waals surface area contributed by atoms with Crippen LogP contribution in [0.1, 0.15) is 18.0 Å². The average molecular weight is 172 g/mol. The first kappa shape index (κ1) is 7.13. The Morgan fingerprint density at radius 3 is 2.82 bits per heavy atom. The van der Waals surface area contributed by atoms with Crippen LogP contribution in [-0.2, 0) is 7.05 Å². The zero-order valence-corrected chi connectivity index (χ0v) is 7.04. The molecular formula is C7H10ClN3. The first-order valence-corrected chi connectivity index (χ1v) is 4.00. The van der Waals surface area contributed by atoms with Crippen LogP contribution in [0.5, 0.6) is 0 Å². The van der Waals surface area contributed by atoms with Crippen LogP contribution in [0.15, 0.2) is 6.33 Å². The Morgan fingerprint density at radius 1 is 1.82 bits per heavy atom. The highest BCUT2D eigenvalue weighted by Crippen LogP contribution is 2.41. The van der Waals surface area contributed by atoms with Gasteiger partial charge < -0.3 is 10.3 Å². The monoisotopic (exact) mass is 171 g/mol. The van der Waals surface area contributed by atoms with Crippen LogP contribution in [0, 0.1) is 0 Å². The van der Waals surface area contributed by atoms with Crippen molar-refractivity contribution in [3.05, 3.63) is 17.2 Å². The van der Waals surface area contributed by atoms with Crippen molar-refractivity contribution in [3.63, 3.8) is 0 Å². The van der Waals surface area contributed by atoms with E-state index >= 15 is 0 Å². The number of halogens is 1. The number of nitrogens with two attached hydrogens (primary N) is 1. The normalized spacial score (nSPS) is 29.0. The summed E-state index contributed by atoms with van der Waals surface area (Å²) < 4.78 is 1.94. The van der Waals surface area contributed by atoms with Gasteiger partial charge in [0, 0.05) is 19.0 Å². The van der Waals surface area contributed by atoms with Crippen molar-refractivity contribution >= 4 is 11.6 Å². The van der Waals surface area contributed by atoms with E-state index < -0.39 is 0 Å². The van der Waals surface area contributed by atoms with Gasteiger partial charge in [-0.3, -0.25) is 0 Å². The molecule has 1 fully saturated rings. The van der Waals surface area contributed by atoms with Gasteiger partial charge in [-0.2, -0.15) is 0 Å². The topological polar surface area (TPSA) is 43.8 Å². The summed E-state index contributed by atoms with van der Waals surface area (Å²) in [4.78, 5) is 3.98. The van der Waals surface area contributed by atoms with Crippen molar-refractivity contribution in [2.45, 2.75) is 18.4 Å². The van der Waals surface area contributed by atoms with Crippen LogP contribution >= 0.6 is 11.6 Å². The third kappa shape index (κ3) is 1.04. The standard InChI is InChI=1S/C7H10ClN3/c1-11-3-10-7(8)6(11)4-2-5(4)9/h3-5H,2,9H2,1H3. The molecule has 1 aromatic rings. The van der Waals surface area contributed by atoms with Crippen LogP contribution < -0.4 is 5.73 Å². The van der Waals surface area contributed by atoms with Gasteiger partial charge in [0.2, 0.25) is 0 Å². The summed E-state index contributed by atoms with van der Waals surface area (Å²) in [7, 11) is 1.94. The number of aryl methyl sites for hydroxylation is 1. The lowest BCUT2D eigenvalue weighted by Gasteiger charge is -1.98. The number of rotatable bonds is 1. The Balaban J connectivity index is 2.36. The Hall–Kier alpha value is -0.540. The van der Waals surface area contributed by atoms with Gasteiger partial charge in [-0.25, -0.2) is 4.98 Å². The van der Waals surface area contributed by atoms with Gasteiger partial charge in [-0.05, 0) is 6.42 Å². The largest absolute Gasteiger partial charge is 0.336 e. The molecule has 0 aliphatic heterocycles. The minimum absolute atomic E-state index is 0.294. The highest BCUT2D eigenvalue weighted by molar-refractivity contribution is 6.30.